The fraction of sp³-hybridized carbons (Fsp3) is 0.562. The Labute approximate surface area is 146 Å². The highest BCUT2D eigenvalue weighted by Gasteiger charge is 2.31. The Morgan fingerprint density at radius 1 is 1.29 bits per heavy atom. The number of furan rings is 1. The first kappa shape index (κ1) is 19.3. The van der Waals surface area contributed by atoms with E-state index in [2.05, 4.69) is 18.8 Å². The number of aromatic nitrogens is 1. The molecule has 24 heavy (non-hydrogen) atoms. The molecule has 8 heteroatoms. The van der Waals surface area contributed by atoms with Gasteiger partial charge in [-0.15, -0.1) is 11.3 Å². The first-order chi connectivity index (χ1) is 11.4. The number of nitrogens with zero attached hydrogens (tertiary/aromatic N) is 1. The van der Waals surface area contributed by atoms with Crippen molar-refractivity contribution in [3.8, 4) is 11.5 Å². The van der Waals surface area contributed by atoms with E-state index < -0.39 is 7.60 Å². The molecular weight excluding hydrogens is 349 g/mol. The minimum absolute atomic E-state index is 0.111. The molecule has 0 saturated carbocycles. The highest BCUT2D eigenvalue weighted by molar-refractivity contribution is 7.61. The summed E-state index contributed by atoms with van der Waals surface area (Å²) in [5.41, 5.74) is 0.860. The van der Waals surface area contributed by atoms with Crippen LogP contribution in [0.4, 0.5) is 0 Å². The van der Waals surface area contributed by atoms with Gasteiger partial charge in [0, 0.05) is 4.88 Å². The summed E-state index contributed by atoms with van der Waals surface area (Å²) in [7, 11) is -3.45. The lowest BCUT2D eigenvalue weighted by Crippen LogP contribution is -2.08. The van der Waals surface area contributed by atoms with Crippen LogP contribution in [0.2, 0.25) is 0 Å². The van der Waals surface area contributed by atoms with Crippen molar-refractivity contribution in [3.63, 3.8) is 0 Å². The van der Waals surface area contributed by atoms with Gasteiger partial charge in [0.1, 0.15) is 10.7 Å². The molecule has 134 valence electrons. The van der Waals surface area contributed by atoms with Crippen LogP contribution in [-0.4, -0.2) is 23.3 Å². The van der Waals surface area contributed by atoms with Crippen LogP contribution in [0.5, 0.6) is 0 Å². The molecule has 0 aliphatic heterocycles. The van der Waals surface area contributed by atoms with E-state index in [1.807, 2.05) is 0 Å². The Bertz CT molecular complexity index is 699. The molecule has 0 aliphatic rings. The van der Waals surface area contributed by atoms with Crippen molar-refractivity contribution in [2.24, 2.45) is 5.92 Å². The number of hydrogen-bond donors (Lipinski definition) is 1. The molecule has 0 aromatic carbocycles. The number of aliphatic hydroxyl groups is 1. The van der Waals surface area contributed by atoms with E-state index in [4.69, 9.17) is 13.5 Å². The zero-order valence-corrected chi connectivity index (χ0v) is 16.2. The Morgan fingerprint density at radius 2 is 1.96 bits per heavy atom. The molecule has 2 rings (SSSR count). The fourth-order valence-electron chi connectivity index (χ4n) is 2.28. The molecule has 1 N–H and O–H groups in total. The summed E-state index contributed by atoms with van der Waals surface area (Å²) in [6, 6.07) is 3.33. The summed E-state index contributed by atoms with van der Waals surface area (Å²) >= 11 is 1.47. The molecular formula is C16H24NO5PS. The van der Waals surface area contributed by atoms with Crippen LogP contribution in [0, 0.1) is 5.92 Å². The molecule has 0 spiro atoms. The molecule has 0 fully saturated rings. The molecule has 0 amide bonds. The molecule has 0 unspecified atom stereocenters. The molecule has 0 saturated heterocycles. The maximum Gasteiger partial charge on any atom is 0.396 e. The van der Waals surface area contributed by atoms with Gasteiger partial charge in [0.2, 0.25) is 5.50 Å². The van der Waals surface area contributed by atoms with Crippen LogP contribution in [-0.2, 0) is 26.6 Å². The summed E-state index contributed by atoms with van der Waals surface area (Å²) in [6.07, 6.45) is 0.831. The van der Waals surface area contributed by atoms with Gasteiger partial charge in [0.15, 0.2) is 5.76 Å². The van der Waals surface area contributed by atoms with Gasteiger partial charge in [-0.05, 0) is 38.3 Å². The van der Waals surface area contributed by atoms with Gasteiger partial charge < -0.3 is 18.6 Å². The standard InChI is InChI=1S/C16H24NO5PS/c1-5-20-23(19,21-6-2)15-8-7-12(22-15)16-13(9-11(3)4)24-14(10-18)17-16/h7-8,11,18H,5-6,9-10H2,1-4H3. The van der Waals surface area contributed by atoms with Crippen LogP contribution in [0.1, 0.15) is 37.6 Å². The summed E-state index contributed by atoms with van der Waals surface area (Å²) in [6.45, 7) is 8.16. The van der Waals surface area contributed by atoms with Crippen molar-refractivity contribution in [2.75, 3.05) is 13.2 Å². The van der Waals surface area contributed by atoms with Gasteiger partial charge in [-0.2, -0.15) is 0 Å². The van der Waals surface area contributed by atoms with Crippen LogP contribution in [0.3, 0.4) is 0 Å². The highest BCUT2D eigenvalue weighted by Crippen LogP contribution is 2.48. The number of aliphatic hydroxyl groups excluding tert-OH is 1. The van der Waals surface area contributed by atoms with Crippen molar-refractivity contribution in [2.45, 2.75) is 40.7 Å². The minimum atomic E-state index is -3.45. The summed E-state index contributed by atoms with van der Waals surface area (Å²) in [4.78, 5) is 5.48. The number of thiazole rings is 1. The zero-order valence-electron chi connectivity index (χ0n) is 14.4. The van der Waals surface area contributed by atoms with E-state index in [0.717, 1.165) is 11.3 Å². The Morgan fingerprint density at radius 3 is 2.50 bits per heavy atom. The largest absolute Gasteiger partial charge is 0.446 e. The predicted octanol–water partition coefficient (Wildman–Crippen LogP) is 3.99. The third kappa shape index (κ3) is 4.35. The maximum absolute atomic E-state index is 12.8. The highest BCUT2D eigenvalue weighted by atomic mass is 32.1. The second-order valence-corrected chi connectivity index (χ2v) is 8.73. The second-order valence-electron chi connectivity index (χ2n) is 5.61. The third-order valence-electron chi connectivity index (χ3n) is 3.16. The van der Waals surface area contributed by atoms with E-state index in [9.17, 15) is 9.67 Å². The molecule has 0 atom stereocenters. The van der Waals surface area contributed by atoms with Gasteiger partial charge in [0.05, 0.1) is 19.8 Å². The first-order valence-corrected chi connectivity index (χ1v) is 10.4. The number of rotatable bonds is 9. The molecule has 0 aliphatic carbocycles. The quantitative estimate of drug-likeness (QED) is 0.670. The van der Waals surface area contributed by atoms with E-state index in [1.165, 1.54) is 11.3 Å². The van der Waals surface area contributed by atoms with Crippen LogP contribution >= 0.6 is 18.9 Å². The lowest BCUT2D eigenvalue weighted by atomic mass is 10.1. The average Bonchev–Trinajstić information content (AvgIpc) is 3.13. The lowest BCUT2D eigenvalue weighted by Gasteiger charge is -2.13. The van der Waals surface area contributed by atoms with Gasteiger partial charge in [-0.1, -0.05) is 13.8 Å². The maximum atomic E-state index is 12.8. The summed E-state index contributed by atoms with van der Waals surface area (Å²) < 4.78 is 29.2. The van der Waals surface area contributed by atoms with Crippen molar-refractivity contribution in [3.05, 3.63) is 22.0 Å². The smallest absolute Gasteiger partial charge is 0.396 e. The Hall–Kier alpha value is -0.980. The van der Waals surface area contributed by atoms with Crippen LogP contribution in [0.15, 0.2) is 16.5 Å². The summed E-state index contributed by atoms with van der Waals surface area (Å²) in [5.74, 6) is 0.958. The first-order valence-electron chi connectivity index (χ1n) is 8.02. The zero-order chi connectivity index (χ0) is 17.7. The van der Waals surface area contributed by atoms with Crippen molar-refractivity contribution in [1.29, 1.82) is 0 Å². The van der Waals surface area contributed by atoms with E-state index >= 15 is 0 Å². The average molecular weight is 373 g/mol. The molecule has 2 aromatic rings. The van der Waals surface area contributed by atoms with Crippen molar-refractivity contribution < 1.29 is 23.1 Å². The topological polar surface area (TPSA) is 81.8 Å². The number of hydrogen-bond acceptors (Lipinski definition) is 7. The van der Waals surface area contributed by atoms with Crippen molar-refractivity contribution in [1.82, 2.24) is 4.98 Å². The monoisotopic (exact) mass is 373 g/mol. The molecule has 0 radical (unpaired) electrons. The van der Waals surface area contributed by atoms with Crippen molar-refractivity contribution >= 4 is 24.4 Å². The Kier molecular flexibility index (Phi) is 6.78. The van der Waals surface area contributed by atoms with Crippen LogP contribution in [0.25, 0.3) is 11.5 Å². The summed E-state index contributed by atoms with van der Waals surface area (Å²) in [5, 5.41) is 10.00. The third-order valence-corrected chi connectivity index (χ3v) is 6.20. The SMILES string of the molecule is CCOP(=O)(OCC)c1ccc(-c2nc(CO)sc2CC(C)C)o1. The van der Waals surface area contributed by atoms with E-state index in [0.29, 0.717) is 22.4 Å². The fourth-order valence-corrected chi connectivity index (χ4v) is 4.90. The van der Waals surface area contributed by atoms with Gasteiger partial charge in [0.25, 0.3) is 0 Å². The predicted molar refractivity (Wildman–Crippen MR) is 94.8 cm³/mol. The van der Waals surface area contributed by atoms with Gasteiger partial charge in [-0.25, -0.2) is 4.98 Å². The molecule has 0 bridgehead atoms. The molecule has 6 nitrogen and oxygen atoms in total. The minimum Gasteiger partial charge on any atom is -0.446 e. The normalized spacial score (nSPS) is 12.2. The molecule has 2 heterocycles. The molecule has 2 aromatic heterocycles. The van der Waals surface area contributed by atoms with Crippen LogP contribution < -0.4 is 5.50 Å². The van der Waals surface area contributed by atoms with Gasteiger partial charge >= 0.3 is 7.60 Å². The second kappa shape index (κ2) is 8.41. The Balaban J connectivity index is 2.39. The van der Waals surface area contributed by atoms with E-state index in [1.54, 1.807) is 26.0 Å². The van der Waals surface area contributed by atoms with E-state index in [-0.39, 0.29) is 25.3 Å². The van der Waals surface area contributed by atoms with Gasteiger partial charge in [-0.3, -0.25) is 4.57 Å². The lowest BCUT2D eigenvalue weighted by molar-refractivity contribution is 0.225.